The predicted octanol–water partition coefficient (Wildman–Crippen LogP) is 3.14. The highest BCUT2D eigenvalue weighted by atomic mass is 16.6. The van der Waals surface area contributed by atoms with Crippen molar-refractivity contribution >= 4 is 11.9 Å². The van der Waals surface area contributed by atoms with E-state index in [1.807, 2.05) is 0 Å². The van der Waals surface area contributed by atoms with Gasteiger partial charge in [0.15, 0.2) is 11.6 Å². The standard InChI is InChI=1S/C14H26N4O2/c1-4-6-7-8-9-11(5-2)16-14(19)20-12-10(3)17-18-13(12)15/h11H,4-9H2,1-3H3,(H,16,19)(H3,15,17,18). The molecule has 1 rings (SSSR count). The van der Waals surface area contributed by atoms with Gasteiger partial charge in [-0.05, 0) is 19.8 Å². The molecule has 0 aliphatic heterocycles. The average Bonchev–Trinajstić information content (AvgIpc) is 2.74. The van der Waals surface area contributed by atoms with Gasteiger partial charge in [-0.2, -0.15) is 5.10 Å². The zero-order valence-corrected chi connectivity index (χ0v) is 12.7. The van der Waals surface area contributed by atoms with E-state index in [0.29, 0.717) is 11.4 Å². The Balaban J connectivity index is 2.39. The molecule has 6 heteroatoms. The van der Waals surface area contributed by atoms with E-state index >= 15 is 0 Å². The van der Waals surface area contributed by atoms with Crippen molar-refractivity contribution in [2.75, 3.05) is 5.73 Å². The quantitative estimate of drug-likeness (QED) is 0.638. The van der Waals surface area contributed by atoms with Gasteiger partial charge in [0.2, 0.25) is 0 Å². The number of unbranched alkanes of at least 4 members (excludes halogenated alkanes) is 3. The molecule has 0 radical (unpaired) electrons. The molecule has 1 unspecified atom stereocenters. The van der Waals surface area contributed by atoms with Crippen LogP contribution in [0.3, 0.4) is 0 Å². The maximum absolute atomic E-state index is 11.8. The first-order valence-corrected chi connectivity index (χ1v) is 7.37. The molecule has 1 atom stereocenters. The third-order valence-electron chi connectivity index (χ3n) is 3.33. The first-order valence-electron chi connectivity index (χ1n) is 7.37. The van der Waals surface area contributed by atoms with Gasteiger partial charge in [0, 0.05) is 6.04 Å². The number of amides is 1. The van der Waals surface area contributed by atoms with Crippen molar-refractivity contribution in [1.82, 2.24) is 15.5 Å². The molecule has 0 fully saturated rings. The fourth-order valence-corrected chi connectivity index (χ4v) is 2.05. The number of nitrogen functional groups attached to an aromatic ring is 1. The number of carbonyl (C=O) groups is 1. The van der Waals surface area contributed by atoms with Crippen LogP contribution in [-0.4, -0.2) is 22.3 Å². The molecule has 1 aromatic heterocycles. The van der Waals surface area contributed by atoms with Crippen LogP contribution in [0.1, 0.15) is 58.1 Å². The van der Waals surface area contributed by atoms with E-state index in [0.717, 1.165) is 19.3 Å². The van der Waals surface area contributed by atoms with Crippen LogP contribution in [0.2, 0.25) is 0 Å². The Labute approximate surface area is 120 Å². The van der Waals surface area contributed by atoms with E-state index in [9.17, 15) is 4.79 Å². The van der Waals surface area contributed by atoms with Crippen LogP contribution >= 0.6 is 0 Å². The summed E-state index contributed by atoms with van der Waals surface area (Å²) in [5.41, 5.74) is 6.27. The minimum Gasteiger partial charge on any atom is -0.404 e. The molecule has 0 spiro atoms. The molecular weight excluding hydrogens is 256 g/mol. The number of nitrogens with one attached hydrogen (secondary N) is 2. The number of H-pyrrole nitrogens is 1. The average molecular weight is 282 g/mol. The van der Waals surface area contributed by atoms with Crippen molar-refractivity contribution < 1.29 is 9.53 Å². The van der Waals surface area contributed by atoms with E-state index in [-0.39, 0.29) is 11.9 Å². The second-order valence-electron chi connectivity index (χ2n) is 5.05. The summed E-state index contributed by atoms with van der Waals surface area (Å²) >= 11 is 0. The van der Waals surface area contributed by atoms with Gasteiger partial charge in [0.05, 0.1) is 5.69 Å². The molecule has 1 amide bonds. The van der Waals surface area contributed by atoms with Gasteiger partial charge in [-0.3, -0.25) is 5.10 Å². The summed E-state index contributed by atoms with van der Waals surface area (Å²) in [5, 5.41) is 9.34. The van der Waals surface area contributed by atoms with E-state index in [1.54, 1.807) is 6.92 Å². The number of rotatable bonds is 8. The lowest BCUT2D eigenvalue weighted by Gasteiger charge is -2.16. The van der Waals surface area contributed by atoms with Crippen LogP contribution < -0.4 is 15.8 Å². The topological polar surface area (TPSA) is 93.0 Å². The number of nitrogens with zero attached hydrogens (tertiary/aromatic N) is 1. The van der Waals surface area contributed by atoms with Gasteiger partial charge in [-0.1, -0.05) is 39.5 Å². The zero-order valence-electron chi connectivity index (χ0n) is 12.7. The van der Waals surface area contributed by atoms with Crippen LogP contribution in [-0.2, 0) is 0 Å². The van der Waals surface area contributed by atoms with Gasteiger partial charge in [0.25, 0.3) is 0 Å². The van der Waals surface area contributed by atoms with Gasteiger partial charge in [-0.15, -0.1) is 0 Å². The van der Waals surface area contributed by atoms with Gasteiger partial charge in [0.1, 0.15) is 0 Å². The van der Waals surface area contributed by atoms with Crippen LogP contribution in [0.5, 0.6) is 5.75 Å². The third kappa shape index (κ3) is 5.11. The van der Waals surface area contributed by atoms with Crippen molar-refractivity contribution in [1.29, 1.82) is 0 Å². The normalized spacial score (nSPS) is 12.2. The molecule has 0 saturated carbocycles. The highest BCUT2D eigenvalue weighted by molar-refractivity contribution is 5.72. The maximum atomic E-state index is 11.8. The SMILES string of the molecule is CCCCCCC(CC)NC(=O)Oc1c(N)n[nH]c1C. The molecular formula is C14H26N4O2. The molecule has 0 saturated heterocycles. The van der Waals surface area contributed by atoms with Crippen molar-refractivity contribution in [2.24, 2.45) is 0 Å². The maximum Gasteiger partial charge on any atom is 0.413 e. The van der Waals surface area contributed by atoms with Crippen LogP contribution in [0, 0.1) is 6.92 Å². The van der Waals surface area contributed by atoms with Crippen LogP contribution in [0.15, 0.2) is 0 Å². The lowest BCUT2D eigenvalue weighted by Crippen LogP contribution is -2.36. The minimum atomic E-state index is -0.469. The summed E-state index contributed by atoms with van der Waals surface area (Å²) in [6.07, 6.45) is 6.18. The van der Waals surface area contributed by atoms with Crippen LogP contribution in [0.25, 0.3) is 0 Å². The van der Waals surface area contributed by atoms with Crippen LogP contribution in [0.4, 0.5) is 10.6 Å². The second kappa shape index (κ2) is 8.45. The molecule has 1 heterocycles. The van der Waals surface area contributed by atoms with E-state index in [4.69, 9.17) is 10.5 Å². The Bertz CT molecular complexity index is 398. The molecule has 114 valence electrons. The van der Waals surface area contributed by atoms with Crippen molar-refractivity contribution in [3.63, 3.8) is 0 Å². The fourth-order valence-electron chi connectivity index (χ4n) is 2.05. The number of carbonyl (C=O) groups excluding carboxylic acids is 1. The summed E-state index contributed by atoms with van der Waals surface area (Å²) in [6, 6.07) is 0.146. The number of nitrogens with two attached hydrogens (primary N) is 1. The first kappa shape index (κ1) is 16.3. The second-order valence-corrected chi connectivity index (χ2v) is 5.05. The fraction of sp³-hybridized carbons (Fsp3) is 0.714. The predicted molar refractivity (Wildman–Crippen MR) is 79.7 cm³/mol. The third-order valence-corrected chi connectivity index (χ3v) is 3.33. The number of aromatic amines is 1. The highest BCUT2D eigenvalue weighted by Gasteiger charge is 2.16. The molecule has 0 aliphatic rings. The number of ether oxygens (including phenoxy) is 1. The minimum absolute atomic E-state index is 0.146. The molecule has 4 N–H and O–H groups in total. The highest BCUT2D eigenvalue weighted by Crippen LogP contribution is 2.22. The summed E-state index contributed by atoms with van der Waals surface area (Å²) in [5.74, 6) is 0.511. The van der Waals surface area contributed by atoms with Crippen molar-refractivity contribution in [2.45, 2.75) is 65.3 Å². The smallest absolute Gasteiger partial charge is 0.404 e. The number of hydrogen-bond donors (Lipinski definition) is 3. The lowest BCUT2D eigenvalue weighted by molar-refractivity contribution is 0.194. The Morgan fingerprint density at radius 3 is 2.70 bits per heavy atom. The van der Waals surface area contributed by atoms with Crippen molar-refractivity contribution in [3.8, 4) is 5.75 Å². The molecule has 0 aromatic carbocycles. The Hall–Kier alpha value is -1.72. The van der Waals surface area contributed by atoms with Gasteiger partial charge in [-0.25, -0.2) is 4.79 Å². The summed E-state index contributed by atoms with van der Waals surface area (Å²) in [7, 11) is 0. The summed E-state index contributed by atoms with van der Waals surface area (Å²) < 4.78 is 5.21. The number of aryl methyl sites for hydroxylation is 1. The van der Waals surface area contributed by atoms with E-state index in [1.165, 1.54) is 19.3 Å². The molecule has 0 aliphatic carbocycles. The Morgan fingerprint density at radius 1 is 1.40 bits per heavy atom. The Morgan fingerprint density at radius 2 is 2.15 bits per heavy atom. The molecule has 1 aromatic rings. The monoisotopic (exact) mass is 282 g/mol. The van der Waals surface area contributed by atoms with E-state index in [2.05, 4.69) is 29.4 Å². The molecule has 6 nitrogen and oxygen atoms in total. The Kier molecular flexibility index (Phi) is 6.90. The molecule has 20 heavy (non-hydrogen) atoms. The summed E-state index contributed by atoms with van der Waals surface area (Å²) in [4.78, 5) is 11.8. The van der Waals surface area contributed by atoms with Crippen molar-refractivity contribution in [3.05, 3.63) is 5.69 Å². The van der Waals surface area contributed by atoms with Gasteiger partial charge >= 0.3 is 6.09 Å². The van der Waals surface area contributed by atoms with E-state index < -0.39 is 6.09 Å². The lowest BCUT2D eigenvalue weighted by atomic mass is 10.1. The number of anilines is 1. The zero-order chi connectivity index (χ0) is 15.0. The first-order chi connectivity index (χ1) is 9.58. The van der Waals surface area contributed by atoms with Gasteiger partial charge < -0.3 is 15.8 Å². The largest absolute Gasteiger partial charge is 0.413 e. The number of aromatic nitrogens is 2. The summed E-state index contributed by atoms with van der Waals surface area (Å²) in [6.45, 7) is 6.00. The number of hydrogen-bond acceptors (Lipinski definition) is 4. The molecule has 0 bridgehead atoms.